The minimum Gasteiger partial charge on any atom is -0.314 e. The van der Waals surface area contributed by atoms with Crippen LogP contribution in [0.3, 0.4) is 0 Å². The van der Waals surface area contributed by atoms with Crippen LogP contribution in [0.1, 0.15) is 20.3 Å². The molecule has 0 aliphatic rings. The van der Waals surface area contributed by atoms with Gasteiger partial charge in [0.25, 0.3) is 0 Å². The van der Waals surface area contributed by atoms with Crippen LogP contribution >= 0.6 is 0 Å². The lowest BCUT2D eigenvalue weighted by Gasteiger charge is -1.91. The van der Waals surface area contributed by atoms with Crippen LogP contribution in [0.5, 0.6) is 0 Å². The minimum atomic E-state index is 0.193. The summed E-state index contributed by atoms with van der Waals surface area (Å²) in [6.07, 6.45) is 4.08. The van der Waals surface area contributed by atoms with Crippen LogP contribution in [0.4, 0.5) is 0 Å². The van der Waals surface area contributed by atoms with Crippen LogP contribution in [0, 0.1) is 0 Å². The Labute approximate surface area is 62.3 Å². The molecule has 0 radical (unpaired) electrons. The molecule has 0 aliphatic heterocycles. The molecule has 2 nitrogen and oxygen atoms in total. The van der Waals surface area contributed by atoms with Gasteiger partial charge in [-0.25, -0.2) is 0 Å². The van der Waals surface area contributed by atoms with Crippen LogP contribution in [0.15, 0.2) is 12.2 Å². The number of hydrogen-bond acceptors (Lipinski definition) is 2. The van der Waals surface area contributed by atoms with E-state index in [9.17, 15) is 4.79 Å². The Morgan fingerprint density at radius 3 is 2.70 bits per heavy atom. The number of carbonyl (C=O) groups excluding carboxylic acids is 1. The van der Waals surface area contributed by atoms with Crippen molar-refractivity contribution in [1.82, 2.24) is 5.32 Å². The highest BCUT2D eigenvalue weighted by atomic mass is 16.1. The summed E-state index contributed by atoms with van der Waals surface area (Å²) in [6, 6.07) is 0. The number of nitrogens with one attached hydrogen (secondary N) is 1. The number of hydrogen-bond donors (Lipinski definition) is 1. The van der Waals surface area contributed by atoms with Gasteiger partial charge >= 0.3 is 0 Å². The van der Waals surface area contributed by atoms with E-state index in [0.717, 1.165) is 13.1 Å². The first-order valence-electron chi connectivity index (χ1n) is 3.71. The van der Waals surface area contributed by atoms with Gasteiger partial charge in [0.2, 0.25) is 0 Å². The van der Waals surface area contributed by atoms with Gasteiger partial charge in [-0.1, -0.05) is 19.9 Å². The number of rotatable bonds is 5. The number of allylic oxidation sites excluding steroid dienone is 1. The summed E-state index contributed by atoms with van der Waals surface area (Å²) in [5, 5.41) is 3.09. The Kier molecular flexibility index (Phi) is 6.08. The third kappa shape index (κ3) is 5.51. The van der Waals surface area contributed by atoms with Crippen molar-refractivity contribution < 1.29 is 4.79 Å². The molecule has 0 amide bonds. The molecule has 0 aromatic rings. The third-order valence-electron chi connectivity index (χ3n) is 1.16. The maximum absolute atomic E-state index is 10.7. The predicted octanol–water partition coefficient (Wildman–Crippen LogP) is 1.13. The molecular weight excluding hydrogens is 126 g/mol. The summed E-state index contributed by atoms with van der Waals surface area (Å²) in [6.45, 7) is 5.64. The monoisotopic (exact) mass is 141 g/mol. The maximum atomic E-state index is 10.7. The summed E-state index contributed by atoms with van der Waals surface area (Å²) in [4.78, 5) is 10.7. The molecule has 0 saturated carbocycles. The highest BCUT2D eigenvalue weighted by Crippen LogP contribution is 1.81. The lowest BCUT2D eigenvalue weighted by Crippen LogP contribution is -2.11. The summed E-state index contributed by atoms with van der Waals surface area (Å²) in [5.74, 6) is 0.193. The van der Waals surface area contributed by atoms with Crippen molar-refractivity contribution in [3.63, 3.8) is 0 Å². The summed E-state index contributed by atoms with van der Waals surface area (Å²) >= 11 is 0. The van der Waals surface area contributed by atoms with Gasteiger partial charge in [0.1, 0.15) is 0 Å². The van der Waals surface area contributed by atoms with Crippen molar-refractivity contribution >= 4 is 5.78 Å². The highest BCUT2D eigenvalue weighted by Gasteiger charge is 1.86. The molecule has 0 rings (SSSR count). The van der Waals surface area contributed by atoms with Gasteiger partial charge in [0.05, 0.1) is 0 Å². The summed E-state index contributed by atoms with van der Waals surface area (Å²) in [5.41, 5.74) is 0. The van der Waals surface area contributed by atoms with Crippen molar-refractivity contribution in [2.75, 3.05) is 13.1 Å². The molecule has 0 unspecified atom stereocenters. The number of likely N-dealkylation sites (N-methyl/N-ethyl adjacent to an activating group) is 1. The fourth-order valence-corrected chi connectivity index (χ4v) is 0.536. The van der Waals surface area contributed by atoms with E-state index < -0.39 is 0 Å². The van der Waals surface area contributed by atoms with Crippen LogP contribution in [0.25, 0.3) is 0 Å². The van der Waals surface area contributed by atoms with Crippen LogP contribution in [-0.2, 0) is 4.79 Å². The molecule has 10 heavy (non-hydrogen) atoms. The molecule has 2 heteroatoms. The zero-order chi connectivity index (χ0) is 7.82. The second kappa shape index (κ2) is 6.49. The van der Waals surface area contributed by atoms with Gasteiger partial charge in [-0.3, -0.25) is 4.79 Å². The van der Waals surface area contributed by atoms with Crippen molar-refractivity contribution in [3.8, 4) is 0 Å². The summed E-state index contributed by atoms with van der Waals surface area (Å²) < 4.78 is 0. The van der Waals surface area contributed by atoms with Gasteiger partial charge in [0, 0.05) is 13.0 Å². The Morgan fingerprint density at radius 1 is 1.50 bits per heavy atom. The highest BCUT2D eigenvalue weighted by molar-refractivity contribution is 5.89. The smallest absolute Gasteiger partial charge is 0.155 e. The van der Waals surface area contributed by atoms with Crippen molar-refractivity contribution in [2.45, 2.75) is 20.3 Å². The average Bonchev–Trinajstić information content (AvgIpc) is 1.98. The van der Waals surface area contributed by atoms with E-state index in [0.29, 0.717) is 6.42 Å². The van der Waals surface area contributed by atoms with Gasteiger partial charge in [-0.15, -0.1) is 0 Å². The molecule has 1 N–H and O–H groups in total. The minimum absolute atomic E-state index is 0.193. The SMILES string of the molecule is CCNC/C=C/C(=O)CC. The van der Waals surface area contributed by atoms with Gasteiger partial charge < -0.3 is 5.32 Å². The Bertz CT molecular complexity index is 118. The van der Waals surface area contributed by atoms with E-state index in [1.54, 1.807) is 6.08 Å². The fourth-order valence-electron chi connectivity index (χ4n) is 0.536. The van der Waals surface area contributed by atoms with Gasteiger partial charge in [0.15, 0.2) is 5.78 Å². The molecule has 0 saturated heterocycles. The molecule has 0 spiro atoms. The summed E-state index contributed by atoms with van der Waals surface area (Å²) in [7, 11) is 0. The predicted molar refractivity (Wildman–Crippen MR) is 43.0 cm³/mol. The van der Waals surface area contributed by atoms with Crippen LogP contribution in [0.2, 0.25) is 0 Å². The number of ketones is 1. The Hall–Kier alpha value is -0.630. The first-order valence-corrected chi connectivity index (χ1v) is 3.71. The Morgan fingerprint density at radius 2 is 2.20 bits per heavy atom. The quantitative estimate of drug-likeness (QED) is 0.459. The molecule has 0 heterocycles. The van der Waals surface area contributed by atoms with Gasteiger partial charge in [-0.05, 0) is 12.6 Å². The second-order valence-corrected chi connectivity index (χ2v) is 2.03. The molecule has 58 valence electrons. The van der Waals surface area contributed by atoms with Crippen LogP contribution < -0.4 is 5.32 Å². The zero-order valence-corrected chi connectivity index (χ0v) is 6.68. The van der Waals surface area contributed by atoms with E-state index in [-0.39, 0.29) is 5.78 Å². The van der Waals surface area contributed by atoms with E-state index >= 15 is 0 Å². The Balaban J connectivity index is 3.27. The molecule has 0 aromatic heterocycles. The number of carbonyl (C=O) groups is 1. The standard InChI is InChI=1S/C8H15NO/c1-3-8(10)6-5-7-9-4-2/h5-6,9H,3-4,7H2,1-2H3/b6-5+. The lowest BCUT2D eigenvalue weighted by atomic mass is 10.3. The molecule has 0 atom stereocenters. The van der Waals surface area contributed by atoms with E-state index in [1.165, 1.54) is 0 Å². The molecule has 0 fully saturated rings. The third-order valence-corrected chi connectivity index (χ3v) is 1.16. The van der Waals surface area contributed by atoms with Crippen molar-refractivity contribution in [3.05, 3.63) is 12.2 Å². The van der Waals surface area contributed by atoms with E-state index in [1.807, 2.05) is 19.9 Å². The average molecular weight is 141 g/mol. The first kappa shape index (κ1) is 9.37. The zero-order valence-electron chi connectivity index (χ0n) is 6.68. The van der Waals surface area contributed by atoms with Crippen LogP contribution in [-0.4, -0.2) is 18.9 Å². The lowest BCUT2D eigenvalue weighted by molar-refractivity contribution is -0.114. The maximum Gasteiger partial charge on any atom is 0.155 e. The molecule has 0 aliphatic carbocycles. The largest absolute Gasteiger partial charge is 0.314 e. The van der Waals surface area contributed by atoms with Crippen molar-refractivity contribution in [1.29, 1.82) is 0 Å². The normalized spacial score (nSPS) is 10.6. The molecule has 0 bridgehead atoms. The van der Waals surface area contributed by atoms with Crippen molar-refractivity contribution in [2.24, 2.45) is 0 Å². The molecular formula is C8H15NO. The topological polar surface area (TPSA) is 29.1 Å². The van der Waals surface area contributed by atoms with Gasteiger partial charge in [-0.2, -0.15) is 0 Å². The second-order valence-electron chi connectivity index (χ2n) is 2.03. The first-order chi connectivity index (χ1) is 4.81. The molecule has 0 aromatic carbocycles. The fraction of sp³-hybridized carbons (Fsp3) is 0.625. The van der Waals surface area contributed by atoms with E-state index in [4.69, 9.17) is 0 Å². The van der Waals surface area contributed by atoms with E-state index in [2.05, 4.69) is 5.32 Å².